The Labute approximate surface area is 269 Å². The molecule has 1 atom stereocenters. The topological polar surface area (TPSA) is 124 Å². The van der Waals surface area contributed by atoms with Crippen LogP contribution in [0.3, 0.4) is 0 Å². The lowest BCUT2D eigenvalue weighted by molar-refractivity contribution is 0.0939. The predicted octanol–water partition coefficient (Wildman–Crippen LogP) is 6.95. The van der Waals surface area contributed by atoms with E-state index in [2.05, 4.69) is 15.5 Å². The van der Waals surface area contributed by atoms with Gasteiger partial charge in [-0.3, -0.25) is 14.6 Å². The average molecular weight is 642 g/mol. The van der Waals surface area contributed by atoms with E-state index in [0.29, 0.717) is 70.3 Å². The third-order valence-corrected chi connectivity index (χ3v) is 9.16. The molecule has 46 heavy (non-hydrogen) atoms. The fourth-order valence-electron chi connectivity index (χ4n) is 6.02. The van der Waals surface area contributed by atoms with Crippen LogP contribution in [0.1, 0.15) is 80.3 Å². The van der Waals surface area contributed by atoms with E-state index in [4.69, 9.17) is 15.1 Å². The molecule has 11 heteroatoms. The largest absolute Gasteiger partial charge is 0.421 e. The number of carbonyl (C=O) groups excluding carboxylic acids is 2. The van der Waals surface area contributed by atoms with Crippen LogP contribution < -0.4 is 11.1 Å². The fraction of sp³-hybridized carbons (Fsp3) is 0.286. The van der Waals surface area contributed by atoms with Crippen molar-refractivity contribution in [2.75, 3.05) is 0 Å². The van der Waals surface area contributed by atoms with E-state index in [0.717, 1.165) is 16.7 Å². The van der Waals surface area contributed by atoms with E-state index in [1.165, 1.54) is 35.6 Å². The number of nitrogens with one attached hydrogen (secondary N) is 1. The summed E-state index contributed by atoms with van der Waals surface area (Å²) in [6, 6.07) is 14.2. The molecule has 3 aromatic heterocycles. The van der Waals surface area contributed by atoms with Crippen molar-refractivity contribution in [3.8, 4) is 21.9 Å². The van der Waals surface area contributed by atoms with Crippen LogP contribution >= 0.6 is 11.3 Å². The number of carbonyl (C=O) groups is 2. The summed E-state index contributed by atoms with van der Waals surface area (Å²) in [7, 11) is 0. The number of nitrogens with zero attached hydrogens (tertiary/aromatic N) is 3. The third kappa shape index (κ3) is 6.46. The van der Waals surface area contributed by atoms with Crippen LogP contribution in [0, 0.1) is 24.5 Å². The second-order valence-corrected chi connectivity index (χ2v) is 13.0. The minimum atomic E-state index is -0.657. The lowest BCUT2D eigenvalue weighted by atomic mass is 9.91. The summed E-state index contributed by atoms with van der Waals surface area (Å²) in [6.45, 7) is 5.73. The molecular formula is C35H33F2N5O3S. The molecule has 0 fully saturated rings. The standard InChI is InChI=1S/C35H33F2N5O3S/c1-18(2)16-27-30(33(38)43)32(28-14-15-29(46-28)34(44)40-25-13-7-21-17-23(37)10-11-24(21)25)31(35-42-41-19(3)45-35)26(39-27)12-6-20-4-8-22(36)9-5-20/h4-5,8-11,14-15,17-18,25H,6-7,12-13,16H2,1-3H3,(H2,38,43)(H,40,44)/t25-/m0/s1. The molecule has 2 aromatic carbocycles. The van der Waals surface area contributed by atoms with Gasteiger partial charge >= 0.3 is 0 Å². The van der Waals surface area contributed by atoms with Gasteiger partial charge in [0.15, 0.2) is 0 Å². The van der Waals surface area contributed by atoms with Crippen molar-refractivity contribution in [3.05, 3.63) is 111 Å². The maximum absolute atomic E-state index is 13.8. The molecule has 236 valence electrons. The van der Waals surface area contributed by atoms with Gasteiger partial charge in [0.1, 0.15) is 11.6 Å². The van der Waals surface area contributed by atoms with Crippen molar-refractivity contribution < 1.29 is 22.8 Å². The number of rotatable bonds is 10. The number of nitrogens with two attached hydrogens (primary N) is 1. The lowest BCUT2D eigenvalue weighted by Gasteiger charge is -2.19. The maximum atomic E-state index is 13.8. The molecule has 2 amide bonds. The highest BCUT2D eigenvalue weighted by molar-refractivity contribution is 7.17. The SMILES string of the molecule is Cc1nnc(-c2c(CCc3ccc(F)cc3)nc(CC(C)C)c(C(N)=O)c2-c2ccc(C(=O)N[C@H]3CCc4cc(F)ccc43)s2)o1. The second kappa shape index (κ2) is 12.9. The number of benzene rings is 2. The van der Waals surface area contributed by atoms with Gasteiger partial charge in [0, 0.05) is 17.4 Å². The molecule has 3 heterocycles. The van der Waals surface area contributed by atoms with Crippen molar-refractivity contribution >= 4 is 23.2 Å². The van der Waals surface area contributed by atoms with Crippen molar-refractivity contribution in [2.45, 2.75) is 58.9 Å². The summed E-state index contributed by atoms with van der Waals surface area (Å²) in [5.41, 5.74) is 11.1. The quantitative estimate of drug-likeness (QED) is 0.170. The second-order valence-electron chi connectivity index (χ2n) is 11.9. The Morgan fingerprint density at radius 1 is 1.00 bits per heavy atom. The first kappa shape index (κ1) is 31.2. The van der Waals surface area contributed by atoms with Crippen molar-refractivity contribution in [2.24, 2.45) is 11.7 Å². The molecule has 0 aliphatic heterocycles. The number of amides is 2. The number of thiophene rings is 1. The van der Waals surface area contributed by atoms with Crippen LogP contribution in [-0.4, -0.2) is 27.0 Å². The van der Waals surface area contributed by atoms with Gasteiger partial charge in [0.25, 0.3) is 11.8 Å². The van der Waals surface area contributed by atoms with Gasteiger partial charge in [0.2, 0.25) is 11.8 Å². The minimum absolute atomic E-state index is 0.160. The van der Waals surface area contributed by atoms with E-state index in [1.807, 2.05) is 13.8 Å². The average Bonchev–Trinajstić information content (AvgIpc) is 3.76. The smallest absolute Gasteiger partial charge is 0.261 e. The molecule has 0 spiro atoms. The molecular weight excluding hydrogens is 608 g/mol. The summed E-state index contributed by atoms with van der Waals surface area (Å²) in [5.74, 6) is -0.871. The Morgan fingerprint density at radius 3 is 2.46 bits per heavy atom. The number of primary amides is 1. The van der Waals surface area contributed by atoms with Crippen molar-refractivity contribution in [3.63, 3.8) is 0 Å². The number of hydrogen-bond acceptors (Lipinski definition) is 7. The molecule has 1 aliphatic rings. The van der Waals surface area contributed by atoms with E-state index < -0.39 is 5.91 Å². The lowest BCUT2D eigenvalue weighted by Crippen LogP contribution is -2.26. The first-order chi connectivity index (χ1) is 22.1. The molecule has 0 bridgehead atoms. The molecule has 0 saturated heterocycles. The molecule has 0 saturated carbocycles. The first-order valence-corrected chi connectivity index (χ1v) is 16.0. The van der Waals surface area contributed by atoms with Crippen LogP contribution in [0.15, 0.2) is 59.0 Å². The van der Waals surface area contributed by atoms with Gasteiger partial charge in [0.05, 0.1) is 33.4 Å². The van der Waals surface area contributed by atoms with Gasteiger partial charge in [-0.1, -0.05) is 32.0 Å². The maximum Gasteiger partial charge on any atom is 0.261 e. The van der Waals surface area contributed by atoms with Crippen molar-refractivity contribution in [1.82, 2.24) is 20.5 Å². The molecule has 5 aromatic rings. The number of fused-ring (bicyclic) bond motifs is 1. The zero-order chi connectivity index (χ0) is 32.5. The highest BCUT2D eigenvalue weighted by Gasteiger charge is 2.30. The fourth-order valence-corrected chi connectivity index (χ4v) is 6.98. The summed E-state index contributed by atoms with van der Waals surface area (Å²) < 4.78 is 33.3. The molecule has 6 rings (SSSR count). The number of halogens is 2. The normalized spacial score (nSPS) is 14.1. The van der Waals surface area contributed by atoms with Crippen LogP contribution in [0.2, 0.25) is 0 Å². The highest BCUT2D eigenvalue weighted by Crippen LogP contribution is 2.42. The van der Waals surface area contributed by atoms with Crippen LogP contribution in [0.25, 0.3) is 21.9 Å². The van der Waals surface area contributed by atoms with Gasteiger partial charge in [-0.05, 0) is 91.1 Å². The molecule has 0 unspecified atom stereocenters. The Kier molecular flexibility index (Phi) is 8.77. The van der Waals surface area contributed by atoms with E-state index in [9.17, 15) is 18.4 Å². The zero-order valence-electron chi connectivity index (χ0n) is 25.7. The van der Waals surface area contributed by atoms with E-state index in [-0.39, 0.29) is 41.0 Å². The summed E-state index contributed by atoms with van der Waals surface area (Å²) in [6.07, 6.45) is 2.81. The van der Waals surface area contributed by atoms with Crippen LogP contribution in [0.5, 0.6) is 0 Å². The van der Waals surface area contributed by atoms with Gasteiger partial charge in [-0.2, -0.15) is 0 Å². The van der Waals surface area contributed by atoms with Gasteiger partial charge < -0.3 is 15.5 Å². The van der Waals surface area contributed by atoms with Crippen LogP contribution in [-0.2, 0) is 25.7 Å². The predicted molar refractivity (Wildman–Crippen MR) is 171 cm³/mol. The molecule has 8 nitrogen and oxygen atoms in total. The highest BCUT2D eigenvalue weighted by atomic mass is 32.1. The molecule has 0 radical (unpaired) electrons. The number of pyridine rings is 1. The Bertz CT molecular complexity index is 1930. The van der Waals surface area contributed by atoms with Crippen molar-refractivity contribution in [1.29, 1.82) is 0 Å². The van der Waals surface area contributed by atoms with E-state index >= 15 is 0 Å². The molecule has 1 aliphatic carbocycles. The van der Waals surface area contributed by atoms with Crippen LogP contribution in [0.4, 0.5) is 8.78 Å². The van der Waals surface area contributed by atoms with E-state index in [1.54, 1.807) is 37.3 Å². The number of aryl methyl sites for hydroxylation is 4. The van der Waals surface area contributed by atoms with Gasteiger partial charge in [-0.15, -0.1) is 21.5 Å². The Morgan fingerprint density at radius 2 is 1.76 bits per heavy atom. The summed E-state index contributed by atoms with van der Waals surface area (Å²) in [5, 5.41) is 11.4. The van der Waals surface area contributed by atoms with Gasteiger partial charge in [-0.25, -0.2) is 8.78 Å². The summed E-state index contributed by atoms with van der Waals surface area (Å²) >= 11 is 1.22. The Balaban J connectivity index is 1.44. The number of hydrogen-bond donors (Lipinski definition) is 2. The Hall–Kier alpha value is -4.77. The third-order valence-electron chi connectivity index (χ3n) is 8.06. The number of aromatic nitrogens is 3. The summed E-state index contributed by atoms with van der Waals surface area (Å²) in [4.78, 5) is 32.7. The monoisotopic (exact) mass is 641 g/mol. The first-order valence-electron chi connectivity index (χ1n) is 15.2. The zero-order valence-corrected chi connectivity index (χ0v) is 26.5. The molecule has 3 N–H and O–H groups in total. The minimum Gasteiger partial charge on any atom is -0.421 e.